The Labute approximate surface area is 135 Å². The lowest BCUT2D eigenvalue weighted by molar-refractivity contribution is 0.331. The molecule has 0 nitrogen and oxygen atoms in total. The van der Waals surface area contributed by atoms with Crippen molar-refractivity contribution in [3.63, 3.8) is 0 Å². The molecule has 0 N–H and O–H groups in total. The normalized spacial score (nSPS) is 25.4. The van der Waals surface area contributed by atoms with Gasteiger partial charge in [0.05, 0.1) is 0 Å². The molecule has 1 rings (SSSR count). The summed E-state index contributed by atoms with van der Waals surface area (Å²) in [5.74, 6) is 4.86. The van der Waals surface area contributed by atoms with Gasteiger partial charge in [-0.2, -0.15) is 0 Å². The Kier molecular flexibility index (Phi) is 9.69. The summed E-state index contributed by atoms with van der Waals surface area (Å²) < 4.78 is 0. The average molecular weight is 295 g/mol. The molecule has 0 heteroatoms. The lowest BCUT2D eigenvalue weighted by Crippen LogP contribution is -2.07. The zero-order valence-corrected chi connectivity index (χ0v) is 15.7. The molecule has 0 aromatic heterocycles. The first-order chi connectivity index (χ1) is 9.99. The first-order valence-electron chi connectivity index (χ1n) is 9.99. The van der Waals surface area contributed by atoms with Crippen LogP contribution in [0.4, 0.5) is 0 Å². The average Bonchev–Trinajstić information content (AvgIpc) is 2.81. The van der Waals surface area contributed by atoms with Crippen molar-refractivity contribution in [2.45, 2.75) is 105 Å². The molecular weight excluding hydrogens is 252 g/mol. The minimum absolute atomic E-state index is 0.884. The molecule has 0 aromatic carbocycles. The van der Waals surface area contributed by atoms with Crippen LogP contribution in [0.1, 0.15) is 105 Å². The zero-order valence-electron chi connectivity index (χ0n) is 15.7. The van der Waals surface area contributed by atoms with Gasteiger partial charge < -0.3 is 0 Å². The molecule has 0 saturated heterocycles. The maximum Gasteiger partial charge on any atom is -0.0388 e. The predicted molar refractivity (Wildman–Crippen MR) is 96.6 cm³/mol. The first kappa shape index (κ1) is 19.0. The lowest BCUT2D eigenvalue weighted by atomic mass is 9.87. The third kappa shape index (κ3) is 8.89. The summed E-state index contributed by atoms with van der Waals surface area (Å²) in [6.45, 7) is 12.1. The van der Waals surface area contributed by atoms with Gasteiger partial charge >= 0.3 is 0 Å². The SMILES string of the molecule is CC(C)CCCC(C)CCCC(C)CCC1CCCC1C. The van der Waals surface area contributed by atoms with E-state index in [9.17, 15) is 0 Å². The Hall–Kier alpha value is 0. The van der Waals surface area contributed by atoms with Gasteiger partial charge in [0.2, 0.25) is 0 Å². The molecule has 0 aromatic rings. The first-order valence-corrected chi connectivity index (χ1v) is 9.99. The second kappa shape index (κ2) is 10.7. The van der Waals surface area contributed by atoms with Crippen LogP contribution >= 0.6 is 0 Å². The number of hydrogen-bond donors (Lipinski definition) is 0. The van der Waals surface area contributed by atoms with E-state index in [2.05, 4.69) is 34.6 Å². The van der Waals surface area contributed by atoms with Gasteiger partial charge in [-0.1, -0.05) is 98.8 Å². The van der Waals surface area contributed by atoms with Gasteiger partial charge in [0.25, 0.3) is 0 Å². The number of hydrogen-bond acceptors (Lipinski definition) is 0. The molecule has 1 aliphatic carbocycles. The van der Waals surface area contributed by atoms with Crippen molar-refractivity contribution in [2.75, 3.05) is 0 Å². The van der Waals surface area contributed by atoms with Crippen LogP contribution in [0.3, 0.4) is 0 Å². The highest BCUT2D eigenvalue weighted by Crippen LogP contribution is 2.35. The Morgan fingerprint density at radius 2 is 1.33 bits per heavy atom. The Bertz CT molecular complexity index is 242. The van der Waals surface area contributed by atoms with Crippen molar-refractivity contribution >= 4 is 0 Å². The molecule has 0 amide bonds. The van der Waals surface area contributed by atoms with Crippen LogP contribution in [0.25, 0.3) is 0 Å². The number of rotatable bonds is 11. The van der Waals surface area contributed by atoms with Crippen LogP contribution in [0.15, 0.2) is 0 Å². The van der Waals surface area contributed by atoms with E-state index < -0.39 is 0 Å². The molecule has 4 unspecified atom stereocenters. The van der Waals surface area contributed by atoms with Crippen LogP contribution < -0.4 is 0 Å². The highest BCUT2D eigenvalue weighted by Gasteiger charge is 2.23. The fraction of sp³-hybridized carbons (Fsp3) is 1.00. The Morgan fingerprint density at radius 1 is 0.762 bits per heavy atom. The van der Waals surface area contributed by atoms with Crippen molar-refractivity contribution in [3.05, 3.63) is 0 Å². The quantitative estimate of drug-likeness (QED) is 0.370. The van der Waals surface area contributed by atoms with Crippen molar-refractivity contribution < 1.29 is 0 Å². The third-order valence-corrected chi connectivity index (χ3v) is 5.94. The monoisotopic (exact) mass is 294 g/mol. The molecule has 0 aliphatic heterocycles. The van der Waals surface area contributed by atoms with E-state index in [1.54, 1.807) is 0 Å². The molecule has 1 saturated carbocycles. The molecule has 0 radical (unpaired) electrons. The van der Waals surface area contributed by atoms with Crippen molar-refractivity contribution in [2.24, 2.45) is 29.6 Å². The summed E-state index contributed by atoms with van der Waals surface area (Å²) in [6.07, 6.45) is 16.2. The third-order valence-electron chi connectivity index (χ3n) is 5.94. The van der Waals surface area contributed by atoms with E-state index in [-0.39, 0.29) is 0 Å². The molecule has 0 bridgehead atoms. The predicted octanol–water partition coefficient (Wildman–Crippen LogP) is 7.47. The highest BCUT2D eigenvalue weighted by molar-refractivity contribution is 4.74. The Morgan fingerprint density at radius 3 is 1.86 bits per heavy atom. The molecule has 0 heterocycles. The maximum atomic E-state index is 2.49. The van der Waals surface area contributed by atoms with Crippen molar-refractivity contribution in [3.8, 4) is 0 Å². The standard InChI is InChI=1S/C21H42/c1-17(2)9-6-10-18(3)11-7-12-19(4)15-16-21-14-8-13-20(21)5/h17-21H,6-16H2,1-5H3. The lowest BCUT2D eigenvalue weighted by Gasteiger charge is -2.19. The van der Waals surface area contributed by atoms with E-state index in [1.165, 1.54) is 70.6 Å². The summed E-state index contributed by atoms with van der Waals surface area (Å²) in [4.78, 5) is 0. The van der Waals surface area contributed by atoms with E-state index in [0.717, 1.165) is 29.6 Å². The van der Waals surface area contributed by atoms with E-state index >= 15 is 0 Å². The molecule has 1 aliphatic rings. The second-order valence-electron chi connectivity index (χ2n) is 8.71. The van der Waals surface area contributed by atoms with Crippen LogP contribution in [0.2, 0.25) is 0 Å². The van der Waals surface area contributed by atoms with Gasteiger partial charge in [0.1, 0.15) is 0 Å². The molecule has 4 atom stereocenters. The van der Waals surface area contributed by atoms with Crippen molar-refractivity contribution in [1.82, 2.24) is 0 Å². The van der Waals surface area contributed by atoms with Crippen LogP contribution in [0, 0.1) is 29.6 Å². The fourth-order valence-corrected chi connectivity index (χ4v) is 4.13. The summed E-state index contributed by atoms with van der Waals surface area (Å²) in [5.41, 5.74) is 0. The second-order valence-corrected chi connectivity index (χ2v) is 8.71. The summed E-state index contributed by atoms with van der Waals surface area (Å²) in [6, 6.07) is 0. The molecule has 126 valence electrons. The molecular formula is C21H42. The van der Waals surface area contributed by atoms with Crippen LogP contribution in [-0.4, -0.2) is 0 Å². The van der Waals surface area contributed by atoms with Crippen LogP contribution in [0.5, 0.6) is 0 Å². The van der Waals surface area contributed by atoms with Gasteiger partial charge in [-0.25, -0.2) is 0 Å². The minimum Gasteiger partial charge on any atom is -0.0628 e. The van der Waals surface area contributed by atoms with E-state index in [1.807, 2.05) is 0 Å². The maximum absolute atomic E-state index is 2.49. The summed E-state index contributed by atoms with van der Waals surface area (Å²) >= 11 is 0. The van der Waals surface area contributed by atoms with E-state index in [4.69, 9.17) is 0 Å². The molecule has 1 fully saturated rings. The zero-order chi connectivity index (χ0) is 15.7. The highest BCUT2D eigenvalue weighted by atomic mass is 14.3. The van der Waals surface area contributed by atoms with Crippen molar-refractivity contribution in [1.29, 1.82) is 0 Å². The van der Waals surface area contributed by atoms with Gasteiger partial charge in [-0.05, 0) is 36.0 Å². The van der Waals surface area contributed by atoms with Gasteiger partial charge in [-0.15, -0.1) is 0 Å². The molecule has 21 heavy (non-hydrogen) atoms. The van der Waals surface area contributed by atoms with Gasteiger partial charge in [0, 0.05) is 0 Å². The van der Waals surface area contributed by atoms with Crippen LogP contribution in [-0.2, 0) is 0 Å². The fourth-order valence-electron chi connectivity index (χ4n) is 4.13. The van der Waals surface area contributed by atoms with Gasteiger partial charge in [0.15, 0.2) is 0 Å². The largest absolute Gasteiger partial charge is 0.0628 e. The topological polar surface area (TPSA) is 0 Å². The van der Waals surface area contributed by atoms with E-state index in [0.29, 0.717) is 0 Å². The van der Waals surface area contributed by atoms with Gasteiger partial charge in [-0.3, -0.25) is 0 Å². The summed E-state index contributed by atoms with van der Waals surface area (Å²) in [5, 5.41) is 0. The summed E-state index contributed by atoms with van der Waals surface area (Å²) in [7, 11) is 0. The Balaban J connectivity index is 1.98. The minimum atomic E-state index is 0.884. The molecule has 0 spiro atoms. The smallest absolute Gasteiger partial charge is 0.0388 e.